The van der Waals surface area contributed by atoms with Crippen LogP contribution in [-0.4, -0.2) is 54.3 Å². The highest BCUT2D eigenvalue weighted by molar-refractivity contribution is 6.01. The van der Waals surface area contributed by atoms with Crippen molar-refractivity contribution < 1.29 is 22.8 Å². The highest BCUT2D eigenvalue weighted by Crippen LogP contribution is 2.46. The van der Waals surface area contributed by atoms with Crippen LogP contribution in [0.3, 0.4) is 0 Å². The number of nitrogens with zero attached hydrogens (tertiary/aromatic N) is 3. The fourth-order valence-corrected chi connectivity index (χ4v) is 6.00. The molecule has 2 amide bonds. The number of rotatable bonds is 2. The second-order valence-electron chi connectivity index (χ2n) is 9.82. The van der Waals surface area contributed by atoms with Gasteiger partial charge in [-0.15, -0.1) is 0 Å². The average molecular weight is 506 g/mol. The summed E-state index contributed by atoms with van der Waals surface area (Å²) in [6.45, 7) is 2.23. The van der Waals surface area contributed by atoms with E-state index in [0.29, 0.717) is 44.0 Å². The number of benzene rings is 3. The van der Waals surface area contributed by atoms with Gasteiger partial charge in [-0.05, 0) is 47.4 Å². The van der Waals surface area contributed by atoms with Crippen LogP contribution in [0.1, 0.15) is 44.6 Å². The lowest BCUT2D eigenvalue weighted by molar-refractivity contribution is -0.137. The monoisotopic (exact) mass is 505 g/mol. The normalized spacial score (nSPS) is 21.3. The van der Waals surface area contributed by atoms with E-state index in [9.17, 15) is 22.8 Å². The van der Waals surface area contributed by atoms with E-state index in [2.05, 4.69) is 6.07 Å². The molecule has 3 aromatic rings. The van der Waals surface area contributed by atoms with Crippen molar-refractivity contribution in [1.82, 2.24) is 9.80 Å². The van der Waals surface area contributed by atoms with Crippen molar-refractivity contribution in [2.75, 3.05) is 37.6 Å². The summed E-state index contributed by atoms with van der Waals surface area (Å²) in [5.74, 6) is -0.626. The zero-order valence-electron chi connectivity index (χ0n) is 20.1. The van der Waals surface area contributed by atoms with E-state index in [1.807, 2.05) is 46.2 Å². The first kappa shape index (κ1) is 23.6. The molecular weight excluding hydrogens is 479 g/mol. The maximum absolute atomic E-state index is 14.1. The quantitative estimate of drug-likeness (QED) is 0.498. The van der Waals surface area contributed by atoms with E-state index in [0.717, 1.165) is 35.2 Å². The van der Waals surface area contributed by atoms with Gasteiger partial charge < -0.3 is 14.7 Å². The van der Waals surface area contributed by atoms with Crippen molar-refractivity contribution in [3.05, 3.63) is 101 Å². The Labute approximate surface area is 213 Å². The van der Waals surface area contributed by atoms with Gasteiger partial charge in [-0.2, -0.15) is 13.2 Å². The number of amides is 2. The summed E-state index contributed by atoms with van der Waals surface area (Å²) in [6.07, 6.45) is -3.65. The van der Waals surface area contributed by atoms with Gasteiger partial charge in [0.05, 0.1) is 17.5 Å². The third-order valence-electron chi connectivity index (χ3n) is 7.83. The van der Waals surface area contributed by atoms with E-state index in [1.165, 1.54) is 6.07 Å². The first-order valence-electron chi connectivity index (χ1n) is 12.5. The Morgan fingerprint density at radius 2 is 1.51 bits per heavy atom. The largest absolute Gasteiger partial charge is 0.416 e. The highest BCUT2D eigenvalue weighted by Gasteiger charge is 2.47. The van der Waals surface area contributed by atoms with Crippen molar-refractivity contribution in [2.24, 2.45) is 0 Å². The van der Waals surface area contributed by atoms with Crippen LogP contribution in [0.4, 0.5) is 18.9 Å². The molecule has 1 fully saturated rings. The van der Waals surface area contributed by atoms with Crippen LogP contribution >= 0.6 is 0 Å². The number of alkyl halides is 3. The molecule has 5 nitrogen and oxygen atoms in total. The summed E-state index contributed by atoms with van der Waals surface area (Å²) < 4.78 is 39.6. The fourth-order valence-electron chi connectivity index (χ4n) is 6.00. The van der Waals surface area contributed by atoms with E-state index < -0.39 is 17.7 Å². The minimum atomic E-state index is -4.40. The SMILES string of the molecule is O=C([C@H]1c2ccccc2C(=O)N2CCc3ccccc3[C@@H]12)N1CCN(c2cccc(C(F)(F)F)c2)CC1. The molecule has 0 N–H and O–H groups in total. The van der Waals surface area contributed by atoms with Crippen LogP contribution in [-0.2, 0) is 17.4 Å². The molecule has 2 atom stereocenters. The van der Waals surface area contributed by atoms with E-state index in [-0.39, 0.29) is 17.9 Å². The lowest BCUT2D eigenvalue weighted by atomic mass is 9.75. The van der Waals surface area contributed by atoms with Gasteiger partial charge in [0.1, 0.15) is 0 Å². The molecule has 8 heteroatoms. The van der Waals surface area contributed by atoms with Crippen molar-refractivity contribution in [3.8, 4) is 0 Å². The van der Waals surface area contributed by atoms with Crippen LogP contribution in [0.5, 0.6) is 0 Å². The number of piperazine rings is 1. The number of carbonyl (C=O) groups excluding carboxylic acids is 2. The topological polar surface area (TPSA) is 43.9 Å². The van der Waals surface area contributed by atoms with Crippen molar-refractivity contribution in [3.63, 3.8) is 0 Å². The molecule has 1 saturated heterocycles. The molecule has 0 aliphatic carbocycles. The Balaban J connectivity index is 1.29. The minimum Gasteiger partial charge on any atom is -0.368 e. The zero-order chi connectivity index (χ0) is 25.7. The summed E-state index contributed by atoms with van der Waals surface area (Å²) >= 11 is 0. The number of fused-ring (bicyclic) bond motifs is 4. The van der Waals surface area contributed by atoms with Crippen LogP contribution in [0, 0.1) is 0 Å². The molecule has 0 unspecified atom stereocenters. The number of hydrogen-bond acceptors (Lipinski definition) is 3. The van der Waals surface area contributed by atoms with E-state index in [4.69, 9.17) is 0 Å². The molecule has 3 aromatic carbocycles. The summed E-state index contributed by atoms with van der Waals surface area (Å²) in [6, 6.07) is 20.3. The van der Waals surface area contributed by atoms with Crippen molar-refractivity contribution in [2.45, 2.75) is 24.6 Å². The van der Waals surface area contributed by atoms with Gasteiger partial charge in [-0.3, -0.25) is 9.59 Å². The summed E-state index contributed by atoms with van der Waals surface area (Å²) in [7, 11) is 0. The first-order valence-corrected chi connectivity index (χ1v) is 12.5. The Morgan fingerprint density at radius 3 is 2.27 bits per heavy atom. The molecule has 3 aliphatic heterocycles. The van der Waals surface area contributed by atoms with Crippen LogP contribution in [0.25, 0.3) is 0 Å². The summed E-state index contributed by atoms with van der Waals surface area (Å²) in [4.78, 5) is 33.1. The molecule has 6 rings (SSSR count). The van der Waals surface area contributed by atoms with E-state index in [1.54, 1.807) is 17.0 Å². The minimum absolute atomic E-state index is 0.0460. The Morgan fingerprint density at radius 1 is 0.811 bits per heavy atom. The molecule has 190 valence electrons. The van der Waals surface area contributed by atoms with Crippen molar-refractivity contribution in [1.29, 1.82) is 0 Å². The van der Waals surface area contributed by atoms with Gasteiger partial charge in [0, 0.05) is 44.0 Å². The second-order valence-corrected chi connectivity index (χ2v) is 9.82. The molecule has 0 bridgehead atoms. The Hall–Kier alpha value is -3.81. The number of carbonyl (C=O) groups is 2. The maximum Gasteiger partial charge on any atom is 0.416 e. The first-order chi connectivity index (χ1) is 17.8. The average Bonchev–Trinajstić information content (AvgIpc) is 2.92. The van der Waals surface area contributed by atoms with E-state index >= 15 is 0 Å². The highest BCUT2D eigenvalue weighted by atomic mass is 19.4. The second kappa shape index (κ2) is 8.94. The fraction of sp³-hybridized carbons (Fsp3) is 0.310. The molecule has 0 aromatic heterocycles. The molecule has 0 radical (unpaired) electrons. The summed E-state index contributed by atoms with van der Waals surface area (Å²) in [5, 5.41) is 0. The molecule has 3 heterocycles. The van der Waals surface area contributed by atoms with Crippen LogP contribution in [0.2, 0.25) is 0 Å². The van der Waals surface area contributed by atoms with Gasteiger partial charge >= 0.3 is 6.18 Å². The Bertz CT molecular complexity index is 1360. The summed E-state index contributed by atoms with van der Waals surface area (Å²) in [5.41, 5.74) is 3.31. The lowest BCUT2D eigenvalue weighted by Crippen LogP contribution is -2.54. The van der Waals surface area contributed by atoms with Gasteiger partial charge in [0.2, 0.25) is 5.91 Å². The molecule has 0 spiro atoms. The standard InChI is InChI=1S/C29H26F3N3O2/c30-29(31,32)20-7-5-8-21(18-20)33-14-16-34(17-15-33)28(37)25-23-10-3-4-11-24(23)27(36)35-13-12-19-6-1-2-9-22(19)26(25)35/h1-11,18,25-26H,12-17H2/t25-,26-/m0/s1. The number of halogens is 3. The lowest BCUT2D eigenvalue weighted by Gasteiger charge is -2.47. The van der Waals surface area contributed by atoms with Gasteiger partial charge in [0.15, 0.2) is 0 Å². The maximum atomic E-state index is 14.1. The van der Waals surface area contributed by atoms with Gasteiger partial charge in [0.25, 0.3) is 5.91 Å². The van der Waals surface area contributed by atoms with Gasteiger partial charge in [-0.25, -0.2) is 0 Å². The molecule has 0 saturated carbocycles. The number of anilines is 1. The molecular formula is C29H26F3N3O2. The predicted octanol–water partition coefficient (Wildman–Crippen LogP) is 4.89. The predicted molar refractivity (Wildman–Crippen MR) is 133 cm³/mol. The Kier molecular flexibility index (Phi) is 5.70. The zero-order valence-corrected chi connectivity index (χ0v) is 20.1. The molecule has 3 aliphatic rings. The van der Waals surface area contributed by atoms with Gasteiger partial charge in [-0.1, -0.05) is 48.5 Å². The van der Waals surface area contributed by atoms with Crippen LogP contribution in [0.15, 0.2) is 72.8 Å². The number of hydrogen-bond donors (Lipinski definition) is 0. The van der Waals surface area contributed by atoms with Crippen molar-refractivity contribution >= 4 is 17.5 Å². The third kappa shape index (κ3) is 4.04. The molecule has 37 heavy (non-hydrogen) atoms. The van der Waals surface area contributed by atoms with Crippen LogP contribution < -0.4 is 4.90 Å². The smallest absolute Gasteiger partial charge is 0.368 e. The third-order valence-corrected chi connectivity index (χ3v) is 7.83.